The van der Waals surface area contributed by atoms with E-state index in [0.717, 1.165) is 0 Å². The summed E-state index contributed by atoms with van der Waals surface area (Å²) < 4.78 is 10.1. The Labute approximate surface area is 113 Å². The zero-order chi connectivity index (χ0) is 14.8. The molecular weight excluding hydrogens is 252 g/mol. The summed E-state index contributed by atoms with van der Waals surface area (Å²) in [7, 11) is 3.11. The van der Waals surface area contributed by atoms with Crippen LogP contribution in [0.5, 0.6) is 0 Å². The van der Waals surface area contributed by atoms with Crippen molar-refractivity contribution in [3.63, 3.8) is 0 Å². The molecule has 1 aliphatic rings. The number of aliphatic hydroxyl groups is 1. The van der Waals surface area contributed by atoms with E-state index >= 15 is 0 Å². The molecule has 1 rings (SSSR count). The number of amides is 2. The summed E-state index contributed by atoms with van der Waals surface area (Å²) in [5.74, 6) is 0. The first-order chi connectivity index (χ1) is 8.52. The van der Waals surface area contributed by atoms with Crippen LogP contribution >= 0.6 is 0 Å². The van der Waals surface area contributed by atoms with Crippen molar-refractivity contribution < 1.29 is 24.2 Å². The smallest absolute Gasteiger partial charge is 0.410 e. The molecule has 0 atom stereocenters. The Morgan fingerprint density at radius 1 is 1.32 bits per heavy atom. The van der Waals surface area contributed by atoms with Crippen LogP contribution < -0.4 is 0 Å². The fraction of sp³-hybridized carbons (Fsp3) is 0.833. The molecule has 2 amide bonds. The second-order valence-electron chi connectivity index (χ2n) is 6.01. The zero-order valence-electron chi connectivity index (χ0n) is 12.1. The SMILES string of the molecule is CN(C)C(=O)OCC1(O)CN(C(=O)OC(C)(C)C)C1. The lowest BCUT2D eigenvalue weighted by Gasteiger charge is -2.45. The average molecular weight is 274 g/mol. The van der Waals surface area contributed by atoms with Gasteiger partial charge < -0.3 is 24.4 Å². The number of nitrogens with zero attached hydrogens (tertiary/aromatic N) is 2. The van der Waals surface area contributed by atoms with Gasteiger partial charge in [-0.15, -0.1) is 0 Å². The molecule has 0 aromatic rings. The van der Waals surface area contributed by atoms with E-state index in [1.165, 1.54) is 9.80 Å². The molecular formula is C12H22N2O5. The van der Waals surface area contributed by atoms with Crippen molar-refractivity contribution in [2.24, 2.45) is 0 Å². The molecule has 0 unspecified atom stereocenters. The molecule has 0 bridgehead atoms. The van der Waals surface area contributed by atoms with Crippen LogP contribution in [0.4, 0.5) is 9.59 Å². The van der Waals surface area contributed by atoms with E-state index in [0.29, 0.717) is 0 Å². The molecule has 0 spiro atoms. The van der Waals surface area contributed by atoms with Gasteiger partial charge in [0.25, 0.3) is 0 Å². The average Bonchev–Trinajstić information content (AvgIpc) is 2.19. The minimum Gasteiger partial charge on any atom is -0.446 e. The minimum atomic E-state index is -1.18. The Hall–Kier alpha value is -1.50. The Morgan fingerprint density at radius 3 is 2.26 bits per heavy atom. The number of carbonyl (C=O) groups excluding carboxylic acids is 2. The van der Waals surface area contributed by atoms with Crippen LogP contribution in [0.1, 0.15) is 20.8 Å². The standard InChI is InChI=1S/C12H22N2O5/c1-11(2,3)19-10(16)14-6-12(17,7-14)8-18-9(15)13(4)5/h17H,6-8H2,1-5H3. The van der Waals surface area contributed by atoms with Crippen LogP contribution in [0.3, 0.4) is 0 Å². The lowest BCUT2D eigenvalue weighted by molar-refractivity contribution is -0.125. The van der Waals surface area contributed by atoms with Gasteiger partial charge in [0.05, 0.1) is 13.1 Å². The van der Waals surface area contributed by atoms with E-state index in [4.69, 9.17) is 9.47 Å². The summed E-state index contributed by atoms with van der Waals surface area (Å²) in [4.78, 5) is 25.5. The molecule has 1 saturated heterocycles. The van der Waals surface area contributed by atoms with Gasteiger partial charge in [0.2, 0.25) is 0 Å². The topological polar surface area (TPSA) is 79.3 Å². The van der Waals surface area contributed by atoms with Crippen molar-refractivity contribution in [2.75, 3.05) is 33.8 Å². The molecule has 0 radical (unpaired) electrons. The molecule has 7 heteroatoms. The summed E-state index contributed by atoms with van der Waals surface area (Å²) in [5, 5.41) is 10.0. The predicted octanol–water partition coefficient (Wildman–Crippen LogP) is 0.666. The number of rotatable bonds is 2. The summed E-state index contributed by atoms with van der Waals surface area (Å²) in [6, 6.07) is 0. The van der Waals surface area contributed by atoms with Gasteiger partial charge >= 0.3 is 12.2 Å². The maximum absolute atomic E-state index is 11.7. The highest BCUT2D eigenvalue weighted by atomic mass is 16.6. The van der Waals surface area contributed by atoms with E-state index < -0.39 is 23.4 Å². The number of likely N-dealkylation sites (tertiary alicyclic amines) is 1. The van der Waals surface area contributed by atoms with Gasteiger partial charge in [-0.2, -0.15) is 0 Å². The van der Waals surface area contributed by atoms with Crippen LogP contribution in [-0.4, -0.2) is 72.1 Å². The molecule has 1 fully saturated rings. The molecule has 0 aromatic heterocycles. The first kappa shape index (κ1) is 15.6. The van der Waals surface area contributed by atoms with Crippen LogP contribution in [0.15, 0.2) is 0 Å². The van der Waals surface area contributed by atoms with Crippen molar-refractivity contribution in [1.29, 1.82) is 0 Å². The van der Waals surface area contributed by atoms with Gasteiger partial charge in [0.1, 0.15) is 17.8 Å². The third-order valence-electron chi connectivity index (χ3n) is 2.45. The third kappa shape index (κ3) is 4.59. The fourth-order valence-electron chi connectivity index (χ4n) is 1.54. The molecule has 0 aliphatic carbocycles. The van der Waals surface area contributed by atoms with Crippen molar-refractivity contribution in [1.82, 2.24) is 9.80 Å². The molecule has 0 saturated carbocycles. The van der Waals surface area contributed by atoms with Gasteiger partial charge in [0, 0.05) is 14.1 Å². The largest absolute Gasteiger partial charge is 0.446 e. The highest BCUT2D eigenvalue weighted by Crippen LogP contribution is 2.23. The number of hydrogen-bond donors (Lipinski definition) is 1. The lowest BCUT2D eigenvalue weighted by Crippen LogP contribution is -2.66. The molecule has 0 aromatic carbocycles. The van der Waals surface area contributed by atoms with Crippen molar-refractivity contribution in [2.45, 2.75) is 32.0 Å². The minimum absolute atomic E-state index is 0.0998. The first-order valence-corrected chi connectivity index (χ1v) is 6.07. The summed E-state index contributed by atoms with van der Waals surface area (Å²) >= 11 is 0. The maximum atomic E-state index is 11.7. The number of carbonyl (C=O) groups is 2. The molecule has 110 valence electrons. The number of ether oxygens (including phenoxy) is 2. The van der Waals surface area contributed by atoms with Crippen LogP contribution in [0.2, 0.25) is 0 Å². The molecule has 19 heavy (non-hydrogen) atoms. The van der Waals surface area contributed by atoms with E-state index in [1.54, 1.807) is 34.9 Å². The normalized spacial score (nSPS) is 17.5. The van der Waals surface area contributed by atoms with E-state index in [1.807, 2.05) is 0 Å². The van der Waals surface area contributed by atoms with Gasteiger partial charge in [-0.1, -0.05) is 0 Å². The summed E-state index contributed by atoms with van der Waals surface area (Å²) in [6.07, 6.45) is -1.000. The number of hydrogen-bond acceptors (Lipinski definition) is 5. The van der Waals surface area contributed by atoms with Crippen molar-refractivity contribution >= 4 is 12.2 Å². The third-order valence-corrected chi connectivity index (χ3v) is 2.45. The zero-order valence-corrected chi connectivity index (χ0v) is 12.1. The summed E-state index contributed by atoms with van der Waals surface area (Å²) in [6.45, 7) is 5.38. The van der Waals surface area contributed by atoms with Gasteiger partial charge in [-0.3, -0.25) is 0 Å². The van der Waals surface area contributed by atoms with Crippen LogP contribution in [0, 0.1) is 0 Å². The van der Waals surface area contributed by atoms with Crippen molar-refractivity contribution in [3.05, 3.63) is 0 Å². The van der Waals surface area contributed by atoms with Crippen molar-refractivity contribution in [3.8, 4) is 0 Å². The van der Waals surface area contributed by atoms with E-state index in [-0.39, 0.29) is 19.7 Å². The highest BCUT2D eigenvalue weighted by molar-refractivity contribution is 5.70. The molecule has 7 nitrogen and oxygen atoms in total. The predicted molar refractivity (Wildman–Crippen MR) is 67.8 cm³/mol. The van der Waals surface area contributed by atoms with Crippen LogP contribution in [0.25, 0.3) is 0 Å². The molecule has 1 heterocycles. The highest BCUT2D eigenvalue weighted by Gasteiger charge is 2.46. The fourth-order valence-corrected chi connectivity index (χ4v) is 1.54. The number of β-amino-alcohol motifs (C(OH)–C–C–N with tert-alkyl or cyclic N) is 1. The molecule has 1 aliphatic heterocycles. The van der Waals surface area contributed by atoms with Crippen LogP contribution in [-0.2, 0) is 9.47 Å². The van der Waals surface area contributed by atoms with E-state index in [9.17, 15) is 14.7 Å². The monoisotopic (exact) mass is 274 g/mol. The van der Waals surface area contributed by atoms with Gasteiger partial charge in [-0.05, 0) is 20.8 Å². The maximum Gasteiger partial charge on any atom is 0.410 e. The quantitative estimate of drug-likeness (QED) is 0.800. The van der Waals surface area contributed by atoms with Gasteiger partial charge in [-0.25, -0.2) is 9.59 Å². The van der Waals surface area contributed by atoms with Gasteiger partial charge in [0.15, 0.2) is 0 Å². The molecule has 1 N–H and O–H groups in total. The first-order valence-electron chi connectivity index (χ1n) is 6.07. The second-order valence-corrected chi connectivity index (χ2v) is 6.01. The lowest BCUT2D eigenvalue weighted by atomic mass is 9.96. The Kier molecular flexibility index (Phi) is 4.29. The Bertz CT molecular complexity index is 356. The Morgan fingerprint density at radius 2 is 1.84 bits per heavy atom. The summed E-state index contributed by atoms with van der Waals surface area (Å²) in [5.41, 5.74) is -1.75. The second kappa shape index (κ2) is 5.24. The Balaban J connectivity index is 2.35. The van der Waals surface area contributed by atoms with E-state index in [2.05, 4.69) is 0 Å².